The van der Waals surface area contributed by atoms with Gasteiger partial charge in [0.1, 0.15) is 11.6 Å². The summed E-state index contributed by atoms with van der Waals surface area (Å²) in [7, 11) is 1.61. The number of rotatable bonds is 4. The van der Waals surface area contributed by atoms with Crippen LogP contribution in [0.4, 0.5) is 5.82 Å². The number of para-hydroxylation sites is 1. The van der Waals surface area contributed by atoms with Gasteiger partial charge in [-0.1, -0.05) is 24.3 Å². The summed E-state index contributed by atoms with van der Waals surface area (Å²) < 4.78 is 5.36. The van der Waals surface area contributed by atoms with Crippen molar-refractivity contribution in [1.82, 2.24) is 4.98 Å². The van der Waals surface area contributed by atoms with Crippen LogP contribution in [0.15, 0.2) is 42.5 Å². The van der Waals surface area contributed by atoms with Crippen LogP contribution in [0.2, 0.25) is 0 Å². The van der Waals surface area contributed by atoms with Crippen molar-refractivity contribution in [2.45, 2.75) is 26.2 Å². The summed E-state index contributed by atoms with van der Waals surface area (Å²) in [4.78, 5) is 16.9. The van der Waals surface area contributed by atoms with E-state index in [1.54, 1.807) is 13.2 Å². The monoisotopic (exact) mass is 284 g/mol. The van der Waals surface area contributed by atoms with Gasteiger partial charge in [0.2, 0.25) is 5.91 Å². The normalized spacial score (nSPS) is 11.0. The molecule has 0 radical (unpaired) electrons. The van der Waals surface area contributed by atoms with E-state index in [4.69, 9.17) is 4.74 Å². The molecule has 2 aromatic rings. The SMILES string of the molecule is COc1ccccc1C(C)(C)C(=O)Nc1cccc(C)n1. The summed E-state index contributed by atoms with van der Waals surface area (Å²) in [6.45, 7) is 5.63. The first kappa shape index (κ1) is 15.0. The molecule has 0 saturated carbocycles. The molecule has 1 aromatic heterocycles. The standard InChI is InChI=1S/C17H20N2O2/c1-12-8-7-11-15(18-12)19-16(20)17(2,3)13-9-5-6-10-14(13)21-4/h5-11H,1-4H3,(H,18,19,20). The van der Waals surface area contributed by atoms with Crippen molar-refractivity contribution in [1.29, 1.82) is 0 Å². The lowest BCUT2D eigenvalue weighted by atomic mass is 9.83. The Bertz CT molecular complexity index is 651. The van der Waals surface area contributed by atoms with Crippen molar-refractivity contribution < 1.29 is 9.53 Å². The number of nitrogens with one attached hydrogen (secondary N) is 1. The van der Waals surface area contributed by atoms with Crippen LogP contribution >= 0.6 is 0 Å². The van der Waals surface area contributed by atoms with Crippen molar-refractivity contribution in [3.63, 3.8) is 0 Å². The quantitative estimate of drug-likeness (QED) is 0.937. The number of hydrogen-bond donors (Lipinski definition) is 1. The van der Waals surface area contributed by atoms with Crippen LogP contribution in [-0.4, -0.2) is 18.0 Å². The summed E-state index contributed by atoms with van der Waals surface area (Å²) in [5.74, 6) is 1.14. The van der Waals surface area contributed by atoms with Gasteiger partial charge in [0.05, 0.1) is 12.5 Å². The molecule has 0 fully saturated rings. The minimum Gasteiger partial charge on any atom is -0.496 e. The molecule has 0 saturated heterocycles. The molecule has 0 bridgehead atoms. The molecule has 110 valence electrons. The van der Waals surface area contributed by atoms with Gasteiger partial charge in [0.25, 0.3) is 0 Å². The van der Waals surface area contributed by atoms with Crippen molar-refractivity contribution in [3.8, 4) is 5.75 Å². The summed E-state index contributed by atoms with van der Waals surface area (Å²) in [5, 5.41) is 2.87. The highest BCUT2D eigenvalue weighted by molar-refractivity contribution is 5.98. The first-order valence-corrected chi connectivity index (χ1v) is 6.84. The van der Waals surface area contributed by atoms with Crippen LogP contribution in [0, 0.1) is 6.92 Å². The molecule has 1 N–H and O–H groups in total. The maximum Gasteiger partial charge on any atom is 0.235 e. The third-order valence-electron chi connectivity index (χ3n) is 3.48. The second-order valence-corrected chi connectivity index (χ2v) is 5.44. The molecule has 4 heteroatoms. The number of amides is 1. The van der Waals surface area contributed by atoms with E-state index in [1.807, 2.05) is 57.2 Å². The average molecular weight is 284 g/mol. The van der Waals surface area contributed by atoms with E-state index in [9.17, 15) is 4.79 Å². The molecule has 1 amide bonds. The fourth-order valence-corrected chi connectivity index (χ4v) is 2.17. The molecule has 21 heavy (non-hydrogen) atoms. The number of nitrogens with zero attached hydrogens (tertiary/aromatic N) is 1. The zero-order chi connectivity index (χ0) is 15.5. The molecule has 2 rings (SSSR count). The van der Waals surface area contributed by atoms with Crippen LogP contribution in [0.25, 0.3) is 0 Å². The lowest BCUT2D eigenvalue weighted by Gasteiger charge is -2.25. The minimum atomic E-state index is -0.724. The molecule has 4 nitrogen and oxygen atoms in total. The average Bonchev–Trinajstić information content (AvgIpc) is 2.47. The van der Waals surface area contributed by atoms with Gasteiger partial charge in [0, 0.05) is 11.3 Å². The van der Waals surface area contributed by atoms with E-state index in [0.717, 1.165) is 11.3 Å². The van der Waals surface area contributed by atoms with Crippen LogP contribution in [-0.2, 0) is 10.2 Å². The fourth-order valence-electron chi connectivity index (χ4n) is 2.17. The van der Waals surface area contributed by atoms with E-state index >= 15 is 0 Å². The lowest BCUT2D eigenvalue weighted by molar-refractivity contribution is -0.120. The number of methoxy groups -OCH3 is 1. The maximum absolute atomic E-state index is 12.6. The van der Waals surface area contributed by atoms with Gasteiger partial charge >= 0.3 is 0 Å². The second kappa shape index (κ2) is 5.95. The molecule has 1 heterocycles. The number of carbonyl (C=O) groups excluding carboxylic acids is 1. The Morgan fingerprint density at radius 1 is 1.14 bits per heavy atom. The first-order chi connectivity index (χ1) is 9.95. The molecular weight excluding hydrogens is 264 g/mol. The first-order valence-electron chi connectivity index (χ1n) is 6.84. The summed E-state index contributed by atoms with van der Waals surface area (Å²) in [6, 6.07) is 13.1. The number of anilines is 1. The predicted molar refractivity (Wildman–Crippen MR) is 83.6 cm³/mol. The van der Waals surface area contributed by atoms with Crippen molar-refractivity contribution in [2.75, 3.05) is 12.4 Å². The maximum atomic E-state index is 12.6. The van der Waals surface area contributed by atoms with Gasteiger partial charge in [-0.3, -0.25) is 4.79 Å². The molecule has 0 aliphatic heterocycles. The van der Waals surface area contributed by atoms with Crippen molar-refractivity contribution in [3.05, 3.63) is 53.7 Å². The summed E-state index contributed by atoms with van der Waals surface area (Å²) >= 11 is 0. The Labute approximate surface area is 125 Å². The number of ether oxygens (including phenoxy) is 1. The van der Waals surface area contributed by atoms with E-state index < -0.39 is 5.41 Å². The highest BCUT2D eigenvalue weighted by Crippen LogP contribution is 2.32. The summed E-state index contributed by atoms with van der Waals surface area (Å²) in [6.07, 6.45) is 0. The third-order valence-corrected chi connectivity index (χ3v) is 3.48. The smallest absolute Gasteiger partial charge is 0.235 e. The predicted octanol–water partition coefficient (Wildman–Crippen LogP) is 3.31. The molecular formula is C17H20N2O2. The Hall–Kier alpha value is -2.36. The lowest BCUT2D eigenvalue weighted by Crippen LogP contribution is -2.35. The molecule has 0 spiro atoms. The molecule has 0 unspecified atom stereocenters. The largest absolute Gasteiger partial charge is 0.496 e. The molecule has 0 aliphatic rings. The number of carbonyl (C=O) groups is 1. The summed E-state index contributed by atoms with van der Waals surface area (Å²) in [5.41, 5.74) is 0.985. The van der Waals surface area contributed by atoms with E-state index in [1.165, 1.54) is 0 Å². The Balaban J connectivity index is 2.28. The highest BCUT2D eigenvalue weighted by atomic mass is 16.5. The van der Waals surface area contributed by atoms with Crippen LogP contribution in [0.3, 0.4) is 0 Å². The molecule has 0 atom stereocenters. The highest BCUT2D eigenvalue weighted by Gasteiger charge is 2.32. The number of aromatic nitrogens is 1. The zero-order valence-electron chi connectivity index (χ0n) is 12.8. The van der Waals surface area contributed by atoms with Crippen LogP contribution < -0.4 is 10.1 Å². The Morgan fingerprint density at radius 3 is 2.52 bits per heavy atom. The zero-order valence-corrected chi connectivity index (χ0v) is 12.8. The van der Waals surface area contributed by atoms with Gasteiger partial charge in [0.15, 0.2) is 0 Å². The topological polar surface area (TPSA) is 51.2 Å². The Morgan fingerprint density at radius 2 is 1.86 bits per heavy atom. The Kier molecular flexibility index (Phi) is 4.26. The minimum absolute atomic E-state index is 0.120. The molecule has 0 aliphatic carbocycles. The number of benzene rings is 1. The fraction of sp³-hybridized carbons (Fsp3) is 0.294. The van der Waals surface area contributed by atoms with Crippen molar-refractivity contribution >= 4 is 11.7 Å². The van der Waals surface area contributed by atoms with E-state index in [-0.39, 0.29) is 5.91 Å². The van der Waals surface area contributed by atoms with E-state index in [2.05, 4.69) is 10.3 Å². The van der Waals surface area contributed by atoms with Gasteiger partial charge < -0.3 is 10.1 Å². The molecule has 1 aromatic carbocycles. The van der Waals surface area contributed by atoms with Gasteiger partial charge in [-0.15, -0.1) is 0 Å². The number of hydrogen-bond acceptors (Lipinski definition) is 3. The van der Waals surface area contributed by atoms with Crippen LogP contribution in [0.1, 0.15) is 25.1 Å². The van der Waals surface area contributed by atoms with Crippen molar-refractivity contribution in [2.24, 2.45) is 0 Å². The van der Waals surface area contributed by atoms with Crippen LogP contribution in [0.5, 0.6) is 5.75 Å². The third kappa shape index (κ3) is 3.21. The number of pyridine rings is 1. The second-order valence-electron chi connectivity index (χ2n) is 5.44. The van der Waals surface area contributed by atoms with Gasteiger partial charge in [-0.25, -0.2) is 4.98 Å². The number of aryl methyl sites for hydroxylation is 1. The van der Waals surface area contributed by atoms with E-state index in [0.29, 0.717) is 11.6 Å². The van der Waals surface area contributed by atoms with Gasteiger partial charge in [-0.2, -0.15) is 0 Å². The van der Waals surface area contributed by atoms with Gasteiger partial charge in [-0.05, 0) is 39.0 Å².